The van der Waals surface area contributed by atoms with Gasteiger partial charge in [-0.2, -0.15) is 0 Å². The van der Waals surface area contributed by atoms with Gasteiger partial charge < -0.3 is 10.1 Å². The van der Waals surface area contributed by atoms with Crippen LogP contribution in [-0.4, -0.2) is 25.8 Å². The monoisotopic (exact) mass is 151 g/mol. The van der Waals surface area contributed by atoms with Crippen molar-refractivity contribution in [3.63, 3.8) is 0 Å². The molecule has 0 radical (unpaired) electrons. The molecule has 0 saturated carbocycles. The summed E-state index contributed by atoms with van der Waals surface area (Å²) in [6.07, 6.45) is 1.63. The maximum atomic E-state index is 5.12. The Labute approximate surface area is 62.4 Å². The first-order valence-electron chi connectivity index (χ1n) is 3.09. The maximum Gasteiger partial charge on any atom is 0.0710 e. The first-order chi connectivity index (χ1) is 3.83. The average molecular weight is 152 g/mol. The Balaban J connectivity index is 0.000000640. The molecule has 2 atom stereocenters. The van der Waals surface area contributed by atoms with Gasteiger partial charge in [-0.25, -0.2) is 0 Å². The van der Waals surface area contributed by atoms with Crippen LogP contribution in [0.2, 0.25) is 0 Å². The van der Waals surface area contributed by atoms with Crippen LogP contribution in [0.5, 0.6) is 0 Å². The lowest BCUT2D eigenvalue weighted by Gasteiger charge is -2.02. The van der Waals surface area contributed by atoms with Crippen molar-refractivity contribution in [3.8, 4) is 0 Å². The number of nitrogens with one attached hydrogen (secondary N) is 1. The second-order valence-corrected chi connectivity index (χ2v) is 2.40. The zero-order chi connectivity index (χ0) is 5.98. The van der Waals surface area contributed by atoms with E-state index in [1.165, 1.54) is 0 Å². The molecule has 1 aliphatic heterocycles. The molecule has 1 saturated heterocycles. The van der Waals surface area contributed by atoms with Gasteiger partial charge in [-0.05, 0) is 13.3 Å². The molecule has 0 amide bonds. The molecule has 0 aromatic rings. The van der Waals surface area contributed by atoms with Crippen molar-refractivity contribution >= 4 is 12.4 Å². The summed E-state index contributed by atoms with van der Waals surface area (Å²) in [5.41, 5.74) is 0. The Morgan fingerprint density at radius 1 is 1.56 bits per heavy atom. The van der Waals surface area contributed by atoms with E-state index >= 15 is 0 Å². The highest BCUT2D eigenvalue weighted by Crippen LogP contribution is 2.07. The highest BCUT2D eigenvalue weighted by molar-refractivity contribution is 5.85. The van der Waals surface area contributed by atoms with Crippen LogP contribution in [0.25, 0.3) is 0 Å². The van der Waals surface area contributed by atoms with Crippen molar-refractivity contribution in [2.24, 2.45) is 0 Å². The molecule has 0 spiro atoms. The molecule has 1 N–H and O–H groups in total. The number of methoxy groups -OCH3 is 1. The minimum atomic E-state index is 0. The normalized spacial score (nSPS) is 34.0. The van der Waals surface area contributed by atoms with E-state index in [-0.39, 0.29) is 12.4 Å². The van der Waals surface area contributed by atoms with E-state index in [2.05, 4.69) is 12.2 Å². The van der Waals surface area contributed by atoms with Crippen LogP contribution in [-0.2, 0) is 4.74 Å². The Morgan fingerprint density at radius 2 is 2.22 bits per heavy atom. The van der Waals surface area contributed by atoms with Gasteiger partial charge in [0.2, 0.25) is 0 Å². The third-order valence-electron chi connectivity index (χ3n) is 1.64. The van der Waals surface area contributed by atoms with Crippen molar-refractivity contribution in [2.75, 3.05) is 13.7 Å². The lowest BCUT2D eigenvalue weighted by molar-refractivity contribution is 0.118. The number of rotatable bonds is 1. The Bertz CT molecular complexity index is 79.5. The third kappa shape index (κ3) is 2.52. The average Bonchev–Trinajstić information content (AvgIpc) is 2.14. The van der Waals surface area contributed by atoms with Crippen molar-refractivity contribution in [1.29, 1.82) is 0 Å². The van der Waals surface area contributed by atoms with Crippen molar-refractivity contribution in [3.05, 3.63) is 0 Å². The first kappa shape index (κ1) is 9.21. The van der Waals surface area contributed by atoms with Gasteiger partial charge in [0.25, 0.3) is 0 Å². The summed E-state index contributed by atoms with van der Waals surface area (Å²) in [7, 11) is 1.77. The van der Waals surface area contributed by atoms with Gasteiger partial charge >= 0.3 is 0 Å². The summed E-state index contributed by atoms with van der Waals surface area (Å²) >= 11 is 0. The quantitative estimate of drug-likeness (QED) is 0.599. The minimum Gasteiger partial charge on any atom is -0.380 e. The second kappa shape index (κ2) is 4.09. The highest BCUT2D eigenvalue weighted by atomic mass is 35.5. The van der Waals surface area contributed by atoms with Crippen LogP contribution in [0.15, 0.2) is 0 Å². The fourth-order valence-corrected chi connectivity index (χ4v) is 1.07. The Morgan fingerprint density at radius 3 is 2.44 bits per heavy atom. The van der Waals surface area contributed by atoms with E-state index in [1.807, 2.05) is 0 Å². The molecular formula is C6H14ClNO. The maximum absolute atomic E-state index is 5.12. The number of halogens is 1. The molecule has 3 heteroatoms. The summed E-state index contributed by atoms with van der Waals surface area (Å²) in [6, 6.07) is 0.653. The molecule has 9 heavy (non-hydrogen) atoms. The SMILES string of the molecule is COC1CNC(C)C1.Cl. The van der Waals surface area contributed by atoms with E-state index in [4.69, 9.17) is 4.74 Å². The largest absolute Gasteiger partial charge is 0.380 e. The Kier molecular flexibility index (Phi) is 4.19. The van der Waals surface area contributed by atoms with E-state index in [1.54, 1.807) is 7.11 Å². The fraction of sp³-hybridized carbons (Fsp3) is 1.00. The lowest BCUT2D eigenvalue weighted by Crippen LogP contribution is -2.18. The summed E-state index contributed by atoms with van der Waals surface area (Å²) in [6.45, 7) is 3.21. The van der Waals surface area contributed by atoms with Gasteiger partial charge in [0, 0.05) is 19.7 Å². The molecule has 1 heterocycles. The number of hydrogen-bond acceptors (Lipinski definition) is 2. The van der Waals surface area contributed by atoms with E-state index in [0.29, 0.717) is 12.1 Å². The molecule has 1 fully saturated rings. The topological polar surface area (TPSA) is 21.3 Å². The van der Waals surface area contributed by atoms with Gasteiger partial charge in [-0.15, -0.1) is 12.4 Å². The van der Waals surface area contributed by atoms with Crippen molar-refractivity contribution < 1.29 is 4.74 Å². The Hall–Kier alpha value is 0.210. The van der Waals surface area contributed by atoms with E-state index in [0.717, 1.165) is 13.0 Å². The lowest BCUT2D eigenvalue weighted by atomic mass is 10.2. The summed E-state index contributed by atoms with van der Waals surface area (Å²) in [5.74, 6) is 0. The fourth-order valence-electron chi connectivity index (χ4n) is 1.07. The zero-order valence-corrected chi connectivity index (χ0v) is 6.70. The molecule has 1 aliphatic rings. The van der Waals surface area contributed by atoms with Crippen LogP contribution in [0.4, 0.5) is 0 Å². The molecule has 0 aromatic heterocycles. The summed E-state index contributed by atoms with van der Waals surface area (Å²) < 4.78 is 5.12. The van der Waals surface area contributed by atoms with Gasteiger partial charge in [0.1, 0.15) is 0 Å². The number of hydrogen-bond donors (Lipinski definition) is 1. The van der Waals surface area contributed by atoms with Crippen molar-refractivity contribution in [2.45, 2.75) is 25.5 Å². The predicted molar refractivity (Wildman–Crippen MR) is 40.1 cm³/mol. The molecule has 2 nitrogen and oxygen atoms in total. The van der Waals surface area contributed by atoms with Crippen LogP contribution < -0.4 is 5.32 Å². The zero-order valence-electron chi connectivity index (χ0n) is 5.89. The van der Waals surface area contributed by atoms with Gasteiger partial charge in [0.05, 0.1) is 6.10 Å². The van der Waals surface area contributed by atoms with E-state index < -0.39 is 0 Å². The molecule has 0 aliphatic carbocycles. The standard InChI is InChI=1S/C6H13NO.ClH/c1-5-3-6(8-2)4-7-5;/h5-7H,3-4H2,1-2H3;1H. The molecule has 2 unspecified atom stereocenters. The molecule has 1 rings (SSSR count). The van der Waals surface area contributed by atoms with Crippen LogP contribution >= 0.6 is 12.4 Å². The summed E-state index contributed by atoms with van der Waals surface area (Å²) in [4.78, 5) is 0. The van der Waals surface area contributed by atoms with Gasteiger partial charge in [-0.1, -0.05) is 0 Å². The summed E-state index contributed by atoms with van der Waals surface area (Å²) in [5, 5.41) is 3.30. The van der Waals surface area contributed by atoms with Crippen LogP contribution in [0, 0.1) is 0 Å². The molecule has 0 bridgehead atoms. The number of ether oxygens (including phenoxy) is 1. The van der Waals surface area contributed by atoms with Gasteiger partial charge in [0.15, 0.2) is 0 Å². The van der Waals surface area contributed by atoms with Crippen LogP contribution in [0.3, 0.4) is 0 Å². The van der Waals surface area contributed by atoms with E-state index in [9.17, 15) is 0 Å². The molecule has 56 valence electrons. The minimum absolute atomic E-state index is 0. The first-order valence-corrected chi connectivity index (χ1v) is 3.09. The smallest absolute Gasteiger partial charge is 0.0710 e. The van der Waals surface area contributed by atoms with Gasteiger partial charge in [-0.3, -0.25) is 0 Å². The second-order valence-electron chi connectivity index (χ2n) is 2.40. The van der Waals surface area contributed by atoms with Crippen molar-refractivity contribution in [1.82, 2.24) is 5.32 Å². The third-order valence-corrected chi connectivity index (χ3v) is 1.64. The predicted octanol–water partition coefficient (Wildman–Crippen LogP) is 0.805. The molecule has 0 aromatic carbocycles. The molecular weight excluding hydrogens is 138 g/mol. The highest BCUT2D eigenvalue weighted by Gasteiger charge is 2.18. The van der Waals surface area contributed by atoms with Crippen LogP contribution in [0.1, 0.15) is 13.3 Å².